The van der Waals surface area contributed by atoms with E-state index in [1.165, 1.54) is 7.11 Å². The second kappa shape index (κ2) is 7.02. The van der Waals surface area contributed by atoms with E-state index in [0.717, 1.165) is 0 Å². The maximum absolute atomic E-state index is 10.7. The van der Waals surface area contributed by atoms with Gasteiger partial charge in [0, 0.05) is 20.7 Å². The van der Waals surface area contributed by atoms with Crippen LogP contribution in [0.5, 0.6) is 0 Å². The molecule has 1 amide bonds. The number of likely N-dealkylation sites (N-methyl/N-ethyl adjacent to an activating group) is 1. The lowest BCUT2D eigenvalue weighted by atomic mass is 10.4. The Hall–Kier alpha value is -0.650. The minimum absolute atomic E-state index is 0.0976. The van der Waals surface area contributed by atoms with Crippen LogP contribution in [0.15, 0.2) is 0 Å². The number of carbonyl (C=O) groups is 1. The molecule has 0 heterocycles. The second-order valence-corrected chi connectivity index (χ2v) is 2.41. The van der Waals surface area contributed by atoms with E-state index in [1.54, 1.807) is 7.05 Å². The predicted octanol–water partition coefficient (Wildman–Crippen LogP) is -1.67. The molecule has 0 aliphatic heterocycles. The van der Waals surface area contributed by atoms with Gasteiger partial charge < -0.3 is 20.5 Å². The molecule has 5 nitrogen and oxygen atoms in total. The van der Waals surface area contributed by atoms with Gasteiger partial charge in [0.15, 0.2) is 0 Å². The van der Waals surface area contributed by atoms with Crippen molar-refractivity contribution in [3.8, 4) is 0 Å². The van der Waals surface area contributed by atoms with Gasteiger partial charge in [0.05, 0.1) is 19.3 Å². The highest BCUT2D eigenvalue weighted by molar-refractivity contribution is 5.77. The molecule has 0 bridgehead atoms. The summed E-state index contributed by atoms with van der Waals surface area (Å²) in [6.07, 6.45) is -0.556. The smallest absolute Gasteiger partial charge is 0.233 e. The van der Waals surface area contributed by atoms with Crippen LogP contribution in [0.25, 0.3) is 0 Å². The Morgan fingerprint density at radius 1 is 1.67 bits per heavy atom. The fourth-order valence-electron chi connectivity index (χ4n) is 0.692. The Morgan fingerprint density at radius 2 is 2.33 bits per heavy atom. The molecule has 0 aromatic carbocycles. The topological polar surface area (TPSA) is 70.6 Å². The van der Waals surface area contributed by atoms with E-state index in [2.05, 4.69) is 10.6 Å². The third-order valence-electron chi connectivity index (χ3n) is 1.30. The van der Waals surface area contributed by atoms with E-state index in [0.29, 0.717) is 6.54 Å². The van der Waals surface area contributed by atoms with Crippen LogP contribution >= 0.6 is 0 Å². The molecule has 12 heavy (non-hydrogen) atoms. The summed E-state index contributed by atoms with van der Waals surface area (Å²) in [5, 5.41) is 14.4. The predicted molar refractivity (Wildman–Crippen MR) is 44.8 cm³/mol. The number of methoxy groups -OCH3 is 1. The molecule has 0 saturated carbocycles. The molecule has 0 aliphatic carbocycles. The van der Waals surface area contributed by atoms with Crippen molar-refractivity contribution >= 4 is 5.91 Å². The van der Waals surface area contributed by atoms with Crippen LogP contribution in [0.1, 0.15) is 0 Å². The number of aliphatic hydroxyl groups is 1. The SMILES string of the molecule is CNC(=O)CNCC(O)COC. The van der Waals surface area contributed by atoms with Crippen LogP contribution in [-0.2, 0) is 9.53 Å². The van der Waals surface area contributed by atoms with Gasteiger partial charge in [-0.25, -0.2) is 0 Å². The highest BCUT2D eigenvalue weighted by atomic mass is 16.5. The van der Waals surface area contributed by atoms with Crippen molar-refractivity contribution in [2.75, 3.05) is 33.9 Å². The van der Waals surface area contributed by atoms with Crippen LogP contribution in [0.4, 0.5) is 0 Å². The molecule has 72 valence electrons. The van der Waals surface area contributed by atoms with E-state index >= 15 is 0 Å². The molecule has 1 atom stereocenters. The molecular formula is C7H16N2O3. The summed E-state index contributed by atoms with van der Waals surface area (Å²) in [6.45, 7) is 0.860. The number of carbonyl (C=O) groups excluding carboxylic acids is 1. The first-order valence-electron chi connectivity index (χ1n) is 3.79. The molecule has 0 aliphatic rings. The monoisotopic (exact) mass is 176 g/mol. The lowest BCUT2D eigenvalue weighted by molar-refractivity contribution is -0.119. The van der Waals surface area contributed by atoms with Crippen LogP contribution in [0, 0.1) is 0 Å². The number of nitrogens with one attached hydrogen (secondary N) is 2. The molecular weight excluding hydrogens is 160 g/mol. The summed E-state index contributed by atoms with van der Waals surface area (Å²) in [7, 11) is 3.08. The zero-order valence-corrected chi connectivity index (χ0v) is 7.46. The van der Waals surface area contributed by atoms with E-state index in [-0.39, 0.29) is 19.1 Å². The van der Waals surface area contributed by atoms with Crippen LogP contribution < -0.4 is 10.6 Å². The third-order valence-corrected chi connectivity index (χ3v) is 1.30. The third kappa shape index (κ3) is 6.09. The minimum Gasteiger partial charge on any atom is -0.389 e. The Bertz CT molecular complexity index is 130. The van der Waals surface area contributed by atoms with Gasteiger partial charge in [-0.3, -0.25) is 4.79 Å². The molecule has 0 aromatic heterocycles. The van der Waals surface area contributed by atoms with Gasteiger partial charge in [-0.1, -0.05) is 0 Å². The first-order chi connectivity index (χ1) is 5.70. The molecule has 0 saturated heterocycles. The van der Waals surface area contributed by atoms with Crippen molar-refractivity contribution in [2.24, 2.45) is 0 Å². The standard InChI is InChI=1S/C7H16N2O3/c1-8-7(11)4-9-3-6(10)5-12-2/h6,9-10H,3-5H2,1-2H3,(H,8,11). The first-order valence-corrected chi connectivity index (χ1v) is 3.79. The van der Waals surface area contributed by atoms with Crippen LogP contribution in [-0.4, -0.2) is 51.0 Å². The van der Waals surface area contributed by atoms with Crippen molar-refractivity contribution in [2.45, 2.75) is 6.10 Å². The molecule has 0 aromatic rings. The zero-order valence-electron chi connectivity index (χ0n) is 7.46. The Balaban J connectivity index is 3.24. The lowest BCUT2D eigenvalue weighted by Crippen LogP contribution is -2.37. The van der Waals surface area contributed by atoms with Crippen molar-refractivity contribution in [3.05, 3.63) is 0 Å². The molecule has 0 spiro atoms. The van der Waals surface area contributed by atoms with E-state index in [4.69, 9.17) is 9.84 Å². The fourth-order valence-corrected chi connectivity index (χ4v) is 0.692. The molecule has 0 radical (unpaired) electrons. The molecule has 0 fully saturated rings. The maximum Gasteiger partial charge on any atom is 0.233 e. The first kappa shape index (κ1) is 11.4. The highest BCUT2D eigenvalue weighted by Crippen LogP contribution is 1.79. The molecule has 1 unspecified atom stereocenters. The number of rotatable bonds is 6. The Labute approximate surface area is 72.1 Å². The summed E-state index contributed by atoms with van der Waals surface area (Å²) in [5.74, 6) is -0.0976. The number of hydrogen-bond donors (Lipinski definition) is 3. The number of amides is 1. The number of aliphatic hydroxyl groups excluding tert-OH is 1. The summed E-state index contributed by atoms with van der Waals surface area (Å²) < 4.78 is 4.70. The quantitative estimate of drug-likeness (QED) is 0.452. The minimum atomic E-state index is -0.556. The van der Waals surface area contributed by atoms with Gasteiger partial charge >= 0.3 is 0 Å². The Morgan fingerprint density at radius 3 is 2.83 bits per heavy atom. The number of hydrogen-bond acceptors (Lipinski definition) is 4. The van der Waals surface area contributed by atoms with Crippen molar-refractivity contribution in [1.82, 2.24) is 10.6 Å². The Kier molecular flexibility index (Phi) is 6.64. The number of ether oxygens (including phenoxy) is 1. The summed E-state index contributed by atoms with van der Waals surface area (Å²) in [6, 6.07) is 0. The largest absolute Gasteiger partial charge is 0.389 e. The average molecular weight is 176 g/mol. The van der Waals surface area contributed by atoms with Gasteiger partial charge in [0.1, 0.15) is 0 Å². The van der Waals surface area contributed by atoms with Gasteiger partial charge in [-0.05, 0) is 0 Å². The van der Waals surface area contributed by atoms with E-state index in [1.807, 2.05) is 0 Å². The summed E-state index contributed by atoms with van der Waals surface area (Å²) in [5.41, 5.74) is 0. The van der Waals surface area contributed by atoms with Gasteiger partial charge in [0.25, 0.3) is 0 Å². The van der Waals surface area contributed by atoms with Crippen LogP contribution in [0.3, 0.4) is 0 Å². The molecule has 5 heteroatoms. The fraction of sp³-hybridized carbons (Fsp3) is 0.857. The highest BCUT2D eigenvalue weighted by Gasteiger charge is 2.03. The van der Waals surface area contributed by atoms with Crippen LogP contribution in [0.2, 0.25) is 0 Å². The van der Waals surface area contributed by atoms with Gasteiger partial charge in [-0.15, -0.1) is 0 Å². The lowest BCUT2D eigenvalue weighted by Gasteiger charge is -2.09. The maximum atomic E-state index is 10.7. The van der Waals surface area contributed by atoms with E-state index < -0.39 is 6.10 Å². The van der Waals surface area contributed by atoms with Crippen molar-refractivity contribution in [3.63, 3.8) is 0 Å². The molecule has 3 N–H and O–H groups in total. The average Bonchev–Trinajstić information content (AvgIpc) is 2.04. The van der Waals surface area contributed by atoms with Crippen molar-refractivity contribution < 1.29 is 14.6 Å². The summed E-state index contributed by atoms with van der Waals surface area (Å²) in [4.78, 5) is 10.7. The molecule has 0 rings (SSSR count). The van der Waals surface area contributed by atoms with Gasteiger partial charge in [0.2, 0.25) is 5.91 Å². The van der Waals surface area contributed by atoms with Crippen molar-refractivity contribution in [1.29, 1.82) is 0 Å². The second-order valence-electron chi connectivity index (χ2n) is 2.41. The zero-order chi connectivity index (χ0) is 9.40. The normalized spacial score (nSPS) is 12.6. The summed E-state index contributed by atoms with van der Waals surface area (Å²) >= 11 is 0. The van der Waals surface area contributed by atoms with E-state index in [9.17, 15) is 4.79 Å². The van der Waals surface area contributed by atoms with Gasteiger partial charge in [-0.2, -0.15) is 0 Å².